The van der Waals surface area contributed by atoms with Crippen LogP contribution in [0.4, 0.5) is 0 Å². The molecule has 2 atom stereocenters. The van der Waals surface area contributed by atoms with E-state index in [2.05, 4.69) is 5.32 Å². The van der Waals surface area contributed by atoms with Crippen LogP contribution in [0, 0.1) is 0 Å². The van der Waals surface area contributed by atoms with Gasteiger partial charge in [-0.3, -0.25) is 0 Å². The van der Waals surface area contributed by atoms with Crippen LogP contribution in [-0.4, -0.2) is 37.0 Å². The molecule has 0 radical (unpaired) electrons. The number of hydrogen-bond donors (Lipinski definition) is 2. The first-order valence-corrected chi connectivity index (χ1v) is 4.33. The third kappa shape index (κ3) is 3.18. The molecular formula is C8H17NO2. The molecule has 0 amide bonds. The molecule has 2 N–H and O–H groups in total. The van der Waals surface area contributed by atoms with Crippen molar-refractivity contribution in [3.05, 3.63) is 0 Å². The summed E-state index contributed by atoms with van der Waals surface area (Å²) in [6.07, 6.45) is 1.91. The summed E-state index contributed by atoms with van der Waals surface area (Å²) >= 11 is 0. The molecule has 2 unspecified atom stereocenters. The fraction of sp³-hybridized carbons (Fsp3) is 1.00. The number of ether oxygens (including phenoxy) is 1. The van der Waals surface area contributed by atoms with Gasteiger partial charge in [-0.25, -0.2) is 0 Å². The van der Waals surface area contributed by atoms with Crippen LogP contribution >= 0.6 is 0 Å². The van der Waals surface area contributed by atoms with Gasteiger partial charge in [0.15, 0.2) is 0 Å². The zero-order valence-corrected chi connectivity index (χ0v) is 7.05. The minimum absolute atomic E-state index is 0.282. The molecule has 1 fully saturated rings. The van der Waals surface area contributed by atoms with E-state index in [1.807, 2.05) is 6.92 Å². The van der Waals surface area contributed by atoms with Crippen LogP contribution in [0.3, 0.4) is 0 Å². The molecule has 3 nitrogen and oxygen atoms in total. The van der Waals surface area contributed by atoms with Gasteiger partial charge in [0.25, 0.3) is 0 Å². The molecule has 1 heterocycles. The van der Waals surface area contributed by atoms with Gasteiger partial charge in [0.1, 0.15) is 0 Å². The highest BCUT2D eigenvalue weighted by molar-refractivity contribution is 4.71. The van der Waals surface area contributed by atoms with Gasteiger partial charge in [-0.2, -0.15) is 0 Å². The standard InChI is InChI=1S/C8H17NO2/c1-2-7(10)6-11-8-3-4-9-5-8/h7-10H,2-6H2,1H3. The molecule has 0 aromatic rings. The van der Waals surface area contributed by atoms with Crippen molar-refractivity contribution in [2.45, 2.75) is 32.0 Å². The summed E-state index contributed by atoms with van der Waals surface area (Å²) in [7, 11) is 0. The number of rotatable bonds is 4. The van der Waals surface area contributed by atoms with Crippen molar-refractivity contribution in [3.63, 3.8) is 0 Å². The van der Waals surface area contributed by atoms with Crippen molar-refractivity contribution < 1.29 is 9.84 Å². The Morgan fingerprint density at radius 3 is 3.09 bits per heavy atom. The van der Waals surface area contributed by atoms with Gasteiger partial charge in [0, 0.05) is 6.54 Å². The molecule has 1 aliphatic heterocycles. The Morgan fingerprint density at radius 2 is 2.55 bits per heavy atom. The maximum atomic E-state index is 9.17. The summed E-state index contributed by atoms with van der Waals surface area (Å²) in [5.41, 5.74) is 0. The van der Waals surface area contributed by atoms with E-state index in [1.165, 1.54) is 0 Å². The molecule has 0 aliphatic carbocycles. The smallest absolute Gasteiger partial charge is 0.0771 e. The third-order valence-electron chi connectivity index (χ3n) is 2.01. The van der Waals surface area contributed by atoms with Gasteiger partial charge >= 0.3 is 0 Å². The second kappa shape index (κ2) is 4.70. The summed E-state index contributed by atoms with van der Waals surface area (Å²) in [6.45, 7) is 4.44. The van der Waals surface area contributed by atoms with E-state index in [-0.39, 0.29) is 6.10 Å². The quantitative estimate of drug-likeness (QED) is 0.613. The topological polar surface area (TPSA) is 41.5 Å². The van der Waals surface area contributed by atoms with Gasteiger partial charge < -0.3 is 15.2 Å². The SMILES string of the molecule is CCC(O)COC1CCNC1. The predicted molar refractivity (Wildman–Crippen MR) is 43.5 cm³/mol. The van der Waals surface area contributed by atoms with Crippen LogP contribution in [0.25, 0.3) is 0 Å². The Bertz CT molecular complexity index is 102. The average Bonchev–Trinajstić information content (AvgIpc) is 2.52. The van der Waals surface area contributed by atoms with E-state index in [0.717, 1.165) is 25.9 Å². The van der Waals surface area contributed by atoms with E-state index >= 15 is 0 Å². The highest BCUT2D eigenvalue weighted by Gasteiger charge is 2.15. The largest absolute Gasteiger partial charge is 0.391 e. The lowest BCUT2D eigenvalue weighted by Gasteiger charge is -2.13. The molecule has 1 aliphatic rings. The van der Waals surface area contributed by atoms with Gasteiger partial charge in [0.2, 0.25) is 0 Å². The first-order valence-electron chi connectivity index (χ1n) is 4.33. The summed E-state index contributed by atoms with van der Waals surface area (Å²) in [4.78, 5) is 0. The maximum Gasteiger partial charge on any atom is 0.0771 e. The van der Waals surface area contributed by atoms with Crippen molar-refractivity contribution in [2.24, 2.45) is 0 Å². The monoisotopic (exact) mass is 159 g/mol. The van der Waals surface area contributed by atoms with E-state index < -0.39 is 0 Å². The molecule has 0 spiro atoms. The molecule has 0 saturated carbocycles. The Kier molecular flexibility index (Phi) is 3.83. The van der Waals surface area contributed by atoms with Crippen LogP contribution in [0.2, 0.25) is 0 Å². The number of nitrogens with one attached hydrogen (secondary N) is 1. The van der Waals surface area contributed by atoms with Gasteiger partial charge in [-0.05, 0) is 19.4 Å². The zero-order chi connectivity index (χ0) is 8.10. The van der Waals surface area contributed by atoms with Gasteiger partial charge in [-0.15, -0.1) is 0 Å². The Hall–Kier alpha value is -0.120. The minimum atomic E-state index is -0.282. The molecular weight excluding hydrogens is 142 g/mol. The van der Waals surface area contributed by atoms with E-state index in [1.54, 1.807) is 0 Å². The van der Waals surface area contributed by atoms with E-state index in [0.29, 0.717) is 12.7 Å². The van der Waals surface area contributed by atoms with Crippen LogP contribution < -0.4 is 5.32 Å². The minimum Gasteiger partial charge on any atom is -0.391 e. The van der Waals surface area contributed by atoms with Crippen LogP contribution in [-0.2, 0) is 4.74 Å². The third-order valence-corrected chi connectivity index (χ3v) is 2.01. The lowest BCUT2D eigenvalue weighted by Crippen LogP contribution is -2.22. The fourth-order valence-corrected chi connectivity index (χ4v) is 1.14. The molecule has 0 bridgehead atoms. The van der Waals surface area contributed by atoms with Crippen molar-refractivity contribution >= 4 is 0 Å². The first-order chi connectivity index (χ1) is 5.33. The normalized spacial score (nSPS) is 27.3. The first kappa shape index (κ1) is 8.97. The van der Waals surface area contributed by atoms with Crippen molar-refractivity contribution in [1.29, 1.82) is 0 Å². The molecule has 0 aromatic carbocycles. The molecule has 1 saturated heterocycles. The number of aliphatic hydroxyl groups excluding tert-OH is 1. The number of hydrogen-bond acceptors (Lipinski definition) is 3. The van der Waals surface area contributed by atoms with Crippen molar-refractivity contribution in [1.82, 2.24) is 5.32 Å². The van der Waals surface area contributed by atoms with Crippen LogP contribution in [0.5, 0.6) is 0 Å². The average molecular weight is 159 g/mol. The van der Waals surface area contributed by atoms with Crippen LogP contribution in [0.15, 0.2) is 0 Å². The van der Waals surface area contributed by atoms with E-state index in [9.17, 15) is 5.11 Å². The van der Waals surface area contributed by atoms with Crippen molar-refractivity contribution in [3.8, 4) is 0 Å². The van der Waals surface area contributed by atoms with Gasteiger partial charge in [0.05, 0.1) is 18.8 Å². The lowest BCUT2D eigenvalue weighted by atomic mass is 10.3. The number of aliphatic hydroxyl groups is 1. The summed E-state index contributed by atoms with van der Waals surface area (Å²) in [5.74, 6) is 0. The van der Waals surface area contributed by atoms with E-state index in [4.69, 9.17) is 4.74 Å². The lowest BCUT2D eigenvalue weighted by molar-refractivity contribution is -0.00188. The molecule has 3 heteroatoms. The highest BCUT2D eigenvalue weighted by atomic mass is 16.5. The Balaban J connectivity index is 2.01. The summed E-state index contributed by atoms with van der Waals surface area (Å²) in [6, 6.07) is 0. The molecule has 66 valence electrons. The predicted octanol–water partition coefficient (Wildman–Crippen LogP) is 0.136. The zero-order valence-electron chi connectivity index (χ0n) is 7.05. The van der Waals surface area contributed by atoms with Crippen molar-refractivity contribution in [2.75, 3.05) is 19.7 Å². The molecule has 11 heavy (non-hydrogen) atoms. The van der Waals surface area contributed by atoms with Gasteiger partial charge in [-0.1, -0.05) is 6.92 Å². The summed E-state index contributed by atoms with van der Waals surface area (Å²) in [5, 5.41) is 12.4. The molecule has 0 aromatic heterocycles. The Labute approximate surface area is 67.7 Å². The summed E-state index contributed by atoms with van der Waals surface area (Å²) < 4.78 is 5.44. The highest BCUT2D eigenvalue weighted by Crippen LogP contribution is 2.04. The fourth-order valence-electron chi connectivity index (χ4n) is 1.14. The molecule has 1 rings (SSSR count). The second-order valence-electron chi connectivity index (χ2n) is 3.01. The van der Waals surface area contributed by atoms with Crippen LogP contribution in [0.1, 0.15) is 19.8 Å². The second-order valence-corrected chi connectivity index (χ2v) is 3.01. The Morgan fingerprint density at radius 1 is 1.73 bits per heavy atom. The maximum absolute atomic E-state index is 9.17.